The predicted octanol–water partition coefficient (Wildman–Crippen LogP) is 6.74. The van der Waals surface area contributed by atoms with Gasteiger partial charge >= 0.3 is 0 Å². The maximum Gasteiger partial charge on any atom is 0.135 e. The fourth-order valence-corrected chi connectivity index (χ4v) is 2.96. The van der Waals surface area contributed by atoms with Crippen LogP contribution in [-0.2, 0) is 0 Å². The van der Waals surface area contributed by atoms with Crippen molar-refractivity contribution in [2.45, 2.75) is 6.92 Å². The van der Waals surface area contributed by atoms with Crippen molar-refractivity contribution >= 4 is 10.8 Å². The van der Waals surface area contributed by atoms with Crippen molar-refractivity contribution in [3.05, 3.63) is 90.5 Å². The first-order chi connectivity index (χ1) is 13.2. The van der Waals surface area contributed by atoms with Crippen LogP contribution in [0.15, 0.2) is 84.9 Å². The largest absolute Gasteiger partial charge is 0.496 e. The van der Waals surface area contributed by atoms with Crippen molar-refractivity contribution < 1.29 is 14.2 Å². The van der Waals surface area contributed by atoms with Crippen molar-refractivity contribution in [3.8, 4) is 28.7 Å². The highest BCUT2D eigenvalue weighted by atomic mass is 16.5. The van der Waals surface area contributed by atoms with E-state index < -0.39 is 0 Å². The molecule has 0 saturated heterocycles. The lowest BCUT2D eigenvalue weighted by atomic mass is 10.1. The molecule has 3 nitrogen and oxygen atoms in total. The maximum atomic E-state index is 6.10. The lowest BCUT2D eigenvalue weighted by Crippen LogP contribution is -1.90. The summed E-state index contributed by atoms with van der Waals surface area (Å²) in [6.07, 6.45) is 0. The molecule has 0 atom stereocenters. The molecule has 0 spiro atoms. The molecule has 0 bridgehead atoms. The number of hydrogen-bond acceptors (Lipinski definition) is 3. The standard InChI is InChI=1S/C24H20O3/c1-17-7-9-18(10-8-17)26-19-11-13-20(14-12-19)27-24-16-15-23(25-2)21-5-3-4-6-22(21)24/h3-16H,1-2H3. The van der Waals surface area contributed by atoms with Crippen molar-refractivity contribution in [1.82, 2.24) is 0 Å². The third kappa shape index (κ3) is 3.72. The van der Waals surface area contributed by atoms with Gasteiger partial charge in [-0.1, -0.05) is 42.0 Å². The van der Waals surface area contributed by atoms with Gasteiger partial charge in [-0.15, -0.1) is 0 Å². The topological polar surface area (TPSA) is 27.7 Å². The van der Waals surface area contributed by atoms with Crippen molar-refractivity contribution in [2.75, 3.05) is 7.11 Å². The summed E-state index contributed by atoms with van der Waals surface area (Å²) >= 11 is 0. The van der Waals surface area contributed by atoms with Gasteiger partial charge in [0.2, 0.25) is 0 Å². The Morgan fingerprint density at radius 3 is 1.59 bits per heavy atom. The molecule has 4 aromatic carbocycles. The fraction of sp³-hybridized carbons (Fsp3) is 0.0833. The van der Waals surface area contributed by atoms with Gasteiger partial charge in [0, 0.05) is 10.8 Å². The number of fused-ring (bicyclic) bond motifs is 1. The summed E-state index contributed by atoms with van der Waals surface area (Å²) in [5.41, 5.74) is 1.21. The number of benzene rings is 4. The molecule has 0 amide bonds. The third-order valence-electron chi connectivity index (χ3n) is 4.37. The lowest BCUT2D eigenvalue weighted by molar-refractivity contribution is 0.418. The minimum atomic E-state index is 0.751. The minimum Gasteiger partial charge on any atom is -0.496 e. The van der Waals surface area contributed by atoms with Gasteiger partial charge in [-0.3, -0.25) is 0 Å². The molecule has 0 aliphatic carbocycles. The van der Waals surface area contributed by atoms with Crippen LogP contribution in [-0.4, -0.2) is 7.11 Å². The number of ether oxygens (including phenoxy) is 3. The van der Waals surface area contributed by atoms with Crippen molar-refractivity contribution in [3.63, 3.8) is 0 Å². The smallest absolute Gasteiger partial charge is 0.135 e. The summed E-state index contributed by atoms with van der Waals surface area (Å²) in [6, 6.07) is 27.5. The molecular weight excluding hydrogens is 336 g/mol. The van der Waals surface area contributed by atoms with Gasteiger partial charge in [-0.05, 0) is 55.5 Å². The zero-order valence-electron chi connectivity index (χ0n) is 15.3. The van der Waals surface area contributed by atoms with Gasteiger partial charge in [-0.2, -0.15) is 0 Å². The Bertz CT molecular complexity index is 1050. The normalized spacial score (nSPS) is 10.6. The molecule has 0 aliphatic heterocycles. The Morgan fingerprint density at radius 2 is 1.00 bits per heavy atom. The summed E-state index contributed by atoms with van der Waals surface area (Å²) < 4.78 is 17.4. The van der Waals surface area contributed by atoms with E-state index in [1.165, 1.54) is 5.56 Å². The highest BCUT2D eigenvalue weighted by molar-refractivity contribution is 5.93. The second-order valence-electron chi connectivity index (χ2n) is 6.30. The first kappa shape index (κ1) is 17.0. The zero-order chi connectivity index (χ0) is 18.6. The van der Waals surface area contributed by atoms with Gasteiger partial charge in [0.15, 0.2) is 0 Å². The number of methoxy groups -OCH3 is 1. The first-order valence-electron chi connectivity index (χ1n) is 8.81. The molecule has 0 fully saturated rings. The van der Waals surface area contributed by atoms with E-state index in [1.54, 1.807) is 7.11 Å². The number of rotatable bonds is 5. The van der Waals surface area contributed by atoms with E-state index in [4.69, 9.17) is 14.2 Å². The molecule has 0 unspecified atom stereocenters. The van der Waals surface area contributed by atoms with Crippen LogP contribution in [0.4, 0.5) is 0 Å². The Kier molecular flexibility index (Phi) is 4.67. The summed E-state index contributed by atoms with van der Waals surface area (Å²) in [4.78, 5) is 0. The zero-order valence-corrected chi connectivity index (χ0v) is 15.3. The van der Waals surface area contributed by atoms with Crippen LogP contribution in [0.1, 0.15) is 5.56 Å². The van der Waals surface area contributed by atoms with Crippen LogP contribution < -0.4 is 14.2 Å². The van der Waals surface area contributed by atoms with Gasteiger partial charge in [-0.25, -0.2) is 0 Å². The Hall–Kier alpha value is -3.46. The van der Waals surface area contributed by atoms with Crippen LogP contribution in [0.3, 0.4) is 0 Å². The third-order valence-corrected chi connectivity index (χ3v) is 4.37. The molecule has 0 aromatic heterocycles. The number of aryl methyl sites for hydroxylation is 1. The second kappa shape index (κ2) is 7.42. The summed E-state index contributed by atoms with van der Waals surface area (Å²) in [7, 11) is 1.68. The highest BCUT2D eigenvalue weighted by Crippen LogP contribution is 2.36. The second-order valence-corrected chi connectivity index (χ2v) is 6.30. The van der Waals surface area contributed by atoms with E-state index >= 15 is 0 Å². The highest BCUT2D eigenvalue weighted by Gasteiger charge is 2.08. The van der Waals surface area contributed by atoms with E-state index in [2.05, 4.69) is 6.92 Å². The monoisotopic (exact) mass is 356 g/mol. The summed E-state index contributed by atoms with van der Waals surface area (Å²) in [6.45, 7) is 2.05. The van der Waals surface area contributed by atoms with E-state index in [9.17, 15) is 0 Å². The van der Waals surface area contributed by atoms with Crippen LogP contribution >= 0.6 is 0 Å². The molecular formula is C24H20O3. The van der Waals surface area contributed by atoms with E-state index in [0.29, 0.717) is 0 Å². The summed E-state index contributed by atoms with van der Waals surface area (Å²) in [5, 5.41) is 2.04. The maximum absolute atomic E-state index is 6.10. The molecule has 0 heterocycles. The quantitative estimate of drug-likeness (QED) is 0.396. The average molecular weight is 356 g/mol. The number of hydrogen-bond donors (Lipinski definition) is 0. The summed E-state index contributed by atoms with van der Waals surface area (Å²) in [5.74, 6) is 3.96. The van der Waals surface area contributed by atoms with E-state index in [1.807, 2.05) is 84.9 Å². The van der Waals surface area contributed by atoms with Crippen molar-refractivity contribution in [2.24, 2.45) is 0 Å². The van der Waals surface area contributed by atoms with E-state index in [0.717, 1.165) is 39.5 Å². The van der Waals surface area contributed by atoms with Crippen LogP contribution in [0.2, 0.25) is 0 Å². The molecule has 134 valence electrons. The Labute approximate surface area is 158 Å². The van der Waals surface area contributed by atoms with E-state index in [-0.39, 0.29) is 0 Å². The molecule has 0 radical (unpaired) electrons. The molecule has 3 heteroatoms. The molecule has 27 heavy (non-hydrogen) atoms. The van der Waals surface area contributed by atoms with Gasteiger partial charge in [0.1, 0.15) is 28.7 Å². The van der Waals surface area contributed by atoms with Gasteiger partial charge < -0.3 is 14.2 Å². The van der Waals surface area contributed by atoms with Crippen LogP contribution in [0.25, 0.3) is 10.8 Å². The van der Waals surface area contributed by atoms with Crippen molar-refractivity contribution in [1.29, 1.82) is 0 Å². The molecule has 4 rings (SSSR count). The molecule has 0 aliphatic rings. The SMILES string of the molecule is COc1ccc(Oc2ccc(Oc3ccc(C)cc3)cc2)c2ccccc12. The molecule has 0 N–H and O–H groups in total. The van der Waals surface area contributed by atoms with Gasteiger partial charge in [0.25, 0.3) is 0 Å². The molecule has 4 aromatic rings. The first-order valence-corrected chi connectivity index (χ1v) is 8.81. The average Bonchev–Trinajstić information content (AvgIpc) is 2.71. The van der Waals surface area contributed by atoms with Crippen LogP contribution in [0, 0.1) is 6.92 Å². The Balaban J connectivity index is 1.55. The Morgan fingerprint density at radius 1 is 0.519 bits per heavy atom. The van der Waals surface area contributed by atoms with Gasteiger partial charge in [0.05, 0.1) is 7.11 Å². The fourth-order valence-electron chi connectivity index (χ4n) is 2.96. The lowest BCUT2D eigenvalue weighted by Gasteiger charge is -2.12. The predicted molar refractivity (Wildman–Crippen MR) is 108 cm³/mol. The molecule has 0 saturated carbocycles. The van der Waals surface area contributed by atoms with Crippen LogP contribution in [0.5, 0.6) is 28.7 Å². The minimum absolute atomic E-state index is 0.751.